The van der Waals surface area contributed by atoms with E-state index in [2.05, 4.69) is 20.4 Å². The summed E-state index contributed by atoms with van der Waals surface area (Å²) in [5, 5.41) is 0. The first-order valence-corrected chi connectivity index (χ1v) is 16.1. The van der Waals surface area contributed by atoms with Crippen molar-refractivity contribution in [2.24, 2.45) is 29.1 Å². The van der Waals surface area contributed by atoms with Gasteiger partial charge in [-0.15, -0.1) is 6.58 Å². The first-order valence-electron chi connectivity index (χ1n) is 16.1. The van der Waals surface area contributed by atoms with Gasteiger partial charge in [0.05, 0.1) is 25.0 Å². The number of piperidine rings is 1. The predicted octanol–water partition coefficient (Wildman–Crippen LogP) is 5.23. The number of ether oxygens (including phenoxy) is 3. The average molecular weight is 604 g/mol. The van der Waals surface area contributed by atoms with E-state index in [4.69, 9.17) is 14.2 Å². The maximum absolute atomic E-state index is 14.2. The minimum Gasteiger partial charge on any atom is -0.460 e. The smallest absolute Gasteiger partial charge is 0.307 e. The van der Waals surface area contributed by atoms with Crippen molar-refractivity contribution in [3.8, 4) is 0 Å². The SMILES string of the molecule is C=CCCC(=O)C(OC(C)=O)[C@@H]1CCCCCCCOC[C@H](CC(=O)OC(C)(C)C)C(=O)N2C[C@H]3[C@@H]([C@H]2C(=O)C1)C3(C)C. The summed E-state index contributed by atoms with van der Waals surface area (Å²) in [4.78, 5) is 68.1. The summed E-state index contributed by atoms with van der Waals surface area (Å²) in [5.74, 6) is -2.68. The Morgan fingerprint density at radius 2 is 1.79 bits per heavy atom. The standard InChI is InChI=1S/C34H53NO8/c1-8-9-16-26(37)31(42-22(2)36)23-15-13-11-10-12-14-17-41-21-24(19-28(39)43-33(3,4)5)32(40)35-20-25-29(34(25,6)7)30(35)27(38)18-23/h8,23-25,29-31H,1,9-21H2,2-7H3/t23-,24+,25+,29+,30-,31?/m1/s1. The van der Waals surface area contributed by atoms with Gasteiger partial charge in [-0.1, -0.05) is 45.6 Å². The number of rotatable bonds is 8. The van der Waals surface area contributed by atoms with Crippen molar-refractivity contribution < 1.29 is 38.2 Å². The second-order valence-corrected chi connectivity index (χ2v) is 14.3. The molecule has 242 valence electrons. The maximum atomic E-state index is 14.2. The van der Waals surface area contributed by atoms with Crippen molar-refractivity contribution in [3.63, 3.8) is 0 Å². The fraction of sp³-hybridized carbons (Fsp3) is 0.794. The number of allylic oxidation sites excluding steroid dienone is 1. The topological polar surface area (TPSA) is 116 Å². The molecule has 1 amide bonds. The molecule has 2 saturated heterocycles. The monoisotopic (exact) mass is 603 g/mol. The molecule has 43 heavy (non-hydrogen) atoms. The molecule has 0 aromatic carbocycles. The highest BCUT2D eigenvalue weighted by Crippen LogP contribution is 2.65. The Hall–Kier alpha value is -2.55. The summed E-state index contributed by atoms with van der Waals surface area (Å²) >= 11 is 0. The number of hydrogen-bond acceptors (Lipinski definition) is 8. The van der Waals surface area contributed by atoms with Gasteiger partial charge in [0.1, 0.15) is 5.60 Å². The van der Waals surface area contributed by atoms with Crippen molar-refractivity contribution in [2.75, 3.05) is 19.8 Å². The van der Waals surface area contributed by atoms with Crippen LogP contribution in [0.1, 0.15) is 106 Å². The van der Waals surface area contributed by atoms with Crippen molar-refractivity contribution in [1.82, 2.24) is 4.90 Å². The summed E-state index contributed by atoms with van der Waals surface area (Å²) in [5.41, 5.74) is -0.784. The second kappa shape index (κ2) is 15.0. The third-order valence-corrected chi connectivity index (χ3v) is 9.28. The first kappa shape index (κ1) is 34.9. The lowest BCUT2D eigenvalue weighted by atomic mass is 9.84. The number of Topliss-reactive ketones (excluding diaryl/α,β-unsaturated/α-hetero) is 2. The summed E-state index contributed by atoms with van der Waals surface area (Å²) in [6.07, 6.45) is 6.22. The summed E-state index contributed by atoms with van der Waals surface area (Å²) in [7, 11) is 0. The van der Waals surface area contributed by atoms with Crippen LogP contribution in [-0.4, -0.2) is 71.8 Å². The summed E-state index contributed by atoms with van der Waals surface area (Å²) < 4.78 is 17.0. The zero-order valence-electron chi connectivity index (χ0n) is 27.2. The molecule has 3 fully saturated rings. The third-order valence-electron chi connectivity index (χ3n) is 9.28. The number of amides is 1. The number of carbonyl (C=O) groups is 5. The van der Waals surface area contributed by atoms with Crippen molar-refractivity contribution >= 4 is 29.4 Å². The molecule has 9 nitrogen and oxygen atoms in total. The normalized spacial score (nSPS) is 29.2. The maximum Gasteiger partial charge on any atom is 0.307 e. The molecule has 0 aromatic heterocycles. The molecule has 0 bridgehead atoms. The van der Waals surface area contributed by atoms with E-state index in [9.17, 15) is 24.0 Å². The van der Waals surface area contributed by atoms with E-state index in [1.807, 2.05) is 0 Å². The molecular formula is C34H53NO8. The number of carbonyl (C=O) groups excluding carboxylic acids is 5. The molecule has 0 aromatic rings. The van der Waals surface area contributed by atoms with Crippen LogP contribution >= 0.6 is 0 Å². The molecule has 0 radical (unpaired) electrons. The second-order valence-electron chi connectivity index (χ2n) is 14.3. The quantitative estimate of drug-likeness (QED) is 0.274. The summed E-state index contributed by atoms with van der Waals surface area (Å²) in [6, 6.07) is -0.662. The number of esters is 2. The zero-order chi connectivity index (χ0) is 31.9. The highest BCUT2D eigenvalue weighted by molar-refractivity contribution is 5.94. The minimum absolute atomic E-state index is 0.00442. The fourth-order valence-corrected chi connectivity index (χ4v) is 7.02. The summed E-state index contributed by atoms with van der Waals surface area (Å²) in [6.45, 7) is 15.6. The van der Waals surface area contributed by atoms with E-state index in [0.29, 0.717) is 26.0 Å². The zero-order valence-corrected chi connectivity index (χ0v) is 27.2. The molecule has 3 aliphatic rings. The number of fused-ring (bicyclic) bond motifs is 3. The van der Waals surface area contributed by atoms with Crippen molar-refractivity contribution in [2.45, 2.75) is 123 Å². The average Bonchev–Trinajstić information content (AvgIpc) is 3.22. The van der Waals surface area contributed by atoms with E-state index in [0.717, 1.165) is 32.1 Å². The van der Waals surface area contributed by atoms with Gasteiger partial charge in [-0.25, -0.2) is 0 Å². The van der Waals surface area contributed by atoms with E-state index < -0.39 is 41.5 Å². The fourth-order valence-electron chi connectivity index (χ4n) is 7.02. The van der Waals surface area contributed by atoms with Gasteiger partial charge in [0.25, 0.3) is 0 Å². The predicted molar refractivity (Wildman–Crippen MR) is 162 cm³/mol. The highest BCUT2D eigenvalue weighted by atomic mass is 16.6. The van der Waals surface area contributed by atoms with Gasteiger partial charge >= 0.3 is 11.9 Å². The third kappa shape index (κ3) is 9.47. The van der Waals surface area contributed by atoms with Crippen LogP contribution in [0.25, 0.3) is 0 Å². The van der Waals surface area contributed by atoms with Crippen LogP contribution in [-0.2, 0) is 38.2 Å². The Labute approximate surface area is 257 Å². The molecule has 1 unspecified atom stereocenters. The van der Waals surface area contributed by atoms with Gasteiger partial charge in [0.15, 0.2) is 17.7 Å². The lowest BCUT2D eigenvalue weighted by Crippen LogP contribution is -2.50. The molecule has 3 rings (SSSR count). The van der Waals surface area contributed by atoms with E-state index in [1.54, 1.807) is 31.7 Å². The molecule has 1 aliphatic carbocycles. The molecule has 2 heterocycles. The van der Waals surface area contributed by atoms with Crippen molar-refractivity contribution in [1.29, 1.82) is 0 Å². The Bertz CT molecular complexity index is 1040. The van der Waals surface area contributed by atoms with Gasteiger partial charge in [-0.05, 0) is 57.3 Å². The Morgan fingerprint density at radius 3 is 2.44 bits per heavy atom. The van der Waals surface area contributed by atoms with Crippen LogP contribution in [0.3, 0.4) is 0 Å². The van der Waals surface area contributed by atoms with Crippen LogP contribution in [0.15, 0.2) is 12.7 Å². The van der Waals surface area contributed by atoms with Gasteiger partial charge in [0, 0.05) is 38.8 Å². The Kier molecular flexibility index (Phi) is 12.1. The molecule has 9 heteroatoms. The number of nitrogens with zero attached hydrogens (tertiary/aromatic N) is 1. The first-order chi connectivity index (χ1) is 20.2. The van der Waals surface area contributed by atoms with Gasteiger partial charge in [0.2, 0.25) is 5.91 Å². The molecular weight excluding hydrogens is 550 g/mol. The van der Waals surface area contributed by atoms with Crippen LogP contribution in [0.4, 0.5) is 0 Å². The van der Waals surface area contributed by atoms with E-state index >= 15 is 0 Å². The Balaban J connectivity index is 1.92. The molecule has 0 N–H and O–H groups in total. The number of hydrogen-bond donors (Lipinski definition) is 0. The van der Waals surface area contributed by atoms with Crippen LogP contribution in [0.2, 0.25) is 0 Å². The highest BCUT2D eigenvalue weighted by Gasteiger charge is 2.69. The molecule has 1 saturated carbocycles. The lowest BCUT2D eigenvalue weighted by Gasteiger charge is -2.34. The van der Waals surface area contributed by atoms with Gasteiger partial charge in [-0.3, -0.25) is 24.0 Å². The molecule has 6 atom stereocenters. The molecule has 0 spiro atoms. The largest absolute Gasteiger partial charge is 0.460 e. The van der Waals surface area contributed by atoms with Crippen LogP contribution in [0.5, 0.6) is 0 Å². The van der Waals surface area contributed by atoms with Crippen LogP contribution in [0, 0.1) is 29.1 Å². The molecule has 2 aliphatic heterocycles. The van der Waals surface area contributed by atoms with Crippen molar-refractivity contribution in [3.05, 3.63) is 12.7 Å². The number of ketones is 2. The lowest BCUT2D eigenvalue weighted by molar-refractivity contribution is -0.160. The Morgan fingerprint density at radius 1 is 1.12 bits per heavy atom. The van der Waals surface area contributed by atoms with E-state index in [1.165, 1.54) is 6.92 Å². The van der Waals surface area contributed by atoms with Gasteiger partial charge < -0.3 is 19.1 Å². The van der Waals surface area contributed by atoms with Gasteiger partial charge in [-0.2, -0.15) is 0 Å². The van der Waals surface area contributed by atoms with Crippen LogP contribution < -0.4 is 0 Å². The van der Waals surface area contributed by atoms with E-state index in [-0.39, 0.29) is 60.6 Å². The minimum atomic E-state index is -1.01.